The molecule has 36 heavy (non-hydrogen) atoms. The summed E-state index contributed by atoms with van der Waals surface area (Å²) in [5.41, 5.74) is 6.22. The van der Waals surface area contributed by atoms with Crippen molar-refractivity contribution < 1.29 is 11.0 Å². The molecule has 0 radical (unpaired) electrons. The van der Waals surface area contributed by atoms with Crippen molar-refractivity contribution in [2.24, 2.45) is 17.8 Å². The van der Waals surface area contributed by atoms with E-state index in [0.717, 1.165) is 41.7 Å². The zero-order chi connectivity index (χ0) is 25.9. The molecule has 4 rings (SSSR count). The third-order valence-electron chi connectivity index (χ3n) is 8.11. The van der Waals surface area contributed by atoms with Gasteiger partial charge in [-0.25, -0.2) is 0 Å². The quantitative estimate of drug-likeness (QED) is 0.208. The van der Waals surface area contributed by atoms with Gasteiger partial charge in [0.15, 0.2) is 5.78 Å². The smallest absolute Gasteiger partial charge is 0.160 e. The Morgan fingerprint density at radius 1 is 0.944 bits per heavy atom. The van der Waals surface area contributed by atoms with Crippen molar-refractivity contribution in [1.29, 1.82) is 0 Å². The Hall–Kier alpha value is -2.09. The maximum Gasteiger partial charge on any atom is 0.160 e. The second-order valence-electron chi connectivity index (χ2n) is 11.8. The minimum absolute atomic E-state index is 0. The normalized spacial score (nSPS) is 21.4. The Morgan fingerprint density at radius 2 is 1.75 bits per heavy atom. The molecule has 0 N–H and O–H groups in total. The predicted octanol–water partition coefficient (Wildman–Crippen LogP) is 9.58. The van der Waals surface area contributed by atoms with Crippen LogP contribution in [0.5, 0.6) is 5.75 Å². The molecule has 1 saturated carbocycles. The average Bonchev–Trinajstić information content (AvgIpc) is 3.06. The molecule has 2 unspecified atom stereocenters. The van der Waals surface area contributed by atoms with Crippen LogP contribution in [0.4, 0.5) is 0 Å². The number of carbonyl (C=O) groups excluding carboxylic acids is 1. The molecular formula is C34H52O2. The summed E-state index contributed by atoms with van der Waals surface area (Å²) in [6.45, 7) is 11.4. The fourth-order valence-electron chi connectivity index (χ4n) is 5.83. The van der Waals surface area contributed by atoms with Crippen LogP contribution < -0.4 is 4.74 Å². The summed E-state index contributed by atoms with van der Waals surface area (Å²) in [4.78, 5) is 11.3. The molecular weight excluding hydrogens is 440 g/mol. The molecule has 2 heteroatoms. The molecule has 2 nitrogen and oxygen atoms in total. The largest absolute Gasteiger partial charge is 0.493 e. The van der Waals surface area contributed by atoms with E-state index in [2.05, 4.69) is 51.1 Å². The van der Waals surface area contributed by atoms with Gasteiger partial charge in [-0.15, -0.1) is 0 Å². The lowest BCUT2D eigenvalue weighted by atomic mass is 9.90. The van der Waals surface area contributed by atoms with Crippen LogP contribution in [0.25, 0.3) is 0 Å². The fraction of sp³-hybridized carbons (Fsp3) is 0.618. The van der Waals surface area contributed by atoms with Crippen LogP contribution in [0.3, 0.4) is 0 Å². The van der Waals surface area contributed by atoms with E-state index in [1.165, 1.54) is 87.3 Å². The lowest BCUT2D eigenvalue weighted by Crippen LogP contribution is -2.18. The second-order valence-corrected chi connectivity index (χ2v) is 11.8. The van der Waals surface area contributed by atoms with E-state index in [1.54, 1.807) is 6.92 Å². The first-order valence-corrected chi connectivity index (χ1v) is 14.7. The number of ketones is 1. The summed E-state index contributed by atoms with van der Waals surface area (Å²) in [7, 11) is 0. The number of carbonyl (C=O) groups is 1. The Balaban J connectivity index is 0.000000260. The van der Waals surface area contributed by atoms with E-state index < -0.39 is 0 Å². The molecule has 200 valence electrons. The molecule has 2 aromatic rings. The zero-order valence-corrected chi connectivity index (χ0v) is 23.7. The van der Waals surface area contributed by atoms with Gasteiger partial charge in [0.25, 0.3) is 0 Å². The van der Waals surface area contributed by atoms with Gasteiger partial charge in [0.1, 0.15) is 5.75 Å². The van der Waals surface area contributed by atoms with Crippen molar-refractivity contribution in [2.75, 3.05) is 6.61 Å². The van der Waals surface area contributed by atoms with Gasteiger partial charge in [-0.3, -0.25) is 4.79 Å². The van der Waals surface area contributed by atoms with Crippen LogP contribution >= 0.6 is 0 Å². The summed E-state index contributed by atoms with van der Waals surface area (Å²) in [6, 6.07) is 13.2. The van der Waals surface area contributed by atoms with Gasteiger partial charge < -0.3 is 4.74 Å². The highest BCUT2D eigenvalue weighted by Gasteiger charge is 2.19. The molecule has 1 aliphatic carbocycles. The highest BCUT2D eigenvalue weighted by molar-refractivity contribution is 5.95. The SMILES string of the molecule is CC1CCCC(Cc2ccc3c(c2)OC[C@H](C)C3)CC1.CCCCCCc1ccc(C(C)=O)c(C)c1.[HH]. The highest BCUT2D eigenvalue weighted by Crippen LogP contribution is 2.32. The Bertz CT molecular complexity index is 966. The maximum atomic E-state index is 11.3. The highest BCUT2D eigenvalue weighted by atomic mass is 16.5. The van der Waals surface area contributed by atoms with E-state index in [4.69, 9.17) is 4.74 Å². The number of hydrogen-bond donors (Lipinski definition) is 0. The molecule has 0 spiro atoms. The van der Waals surface area contributed by atoms with E-state index in [9.17, 15) is 4.79 Å². The summed E-state index contributed by atoms with van der Waals surface area (Å²) < 4.78 is 5.91. The van der Waals surface area contributed by atoms with Gasteiger partial charge in [-0.2, -0.15) is 0 Å². The molecule has 0 amide bonds. The minimum Gasteiger partial charge on any atom is -0.493 e. The molecule has 0 bridgehead atoms. The Morgan fingerprint density at radius 3 is 2.50 bits per heavy atom. The summed E-state index contributed by atoms with van der Waals surface area (Å²) in [5, 5.41) is 0. The second kappa shape index (κ2) is 14.6. The number of aryl methyl sites for hydroxylation is 2. The van der Waals surface area contributed by atoms with Crippen molar-refractivity contribution in [2.45, 2.75) is 112 Å². The van der Waals surface area contributed by atoms with Crippen molar-refractivity contribution >= 4 is 5.78 Å². The number of hydrogen-bond acceptors (Lipinski definition) is 2. The van der Waals surface area contributed by atoms with Crippen molar-refractivity contribution in [1.82, 2.24) is 0 Å². The van der Waals surface area contributed by atoms with E-state index >= 15 is 0 Å². The molecule has 3 atom stereocenters. The monoisotopic (exact) mass is 492 g/mol. The summed E-state index contributed by atoms with van der Waals surface area (Å²) in [6.07, 6.45) is 15.8. The number of Topliss-reactive ketones (excluding diaryl/α,β-unsaturated/α-hetero) is 1. The third kappa shape index (κ3) is 9.09. The van der Waals surface area contributed by atoms with E-state index in [1.807, 2.05) is 13.0 Å². The van der Waals surface area contributed by atoms with Gasteiger partial charge in [0.2, 0.25) is 0 Å². The number of unbranched alkanes of at least 4 members (excludes halogenated alkanes) is 3. The van der Waals surface area contributed by atoms with Crippen molar-refractivity contribution in [3.63, 3.8) is 0 Å². The number of ether oxygens (including phenoxy) is 1. The minimum atomic E-state index is 0. The Kier molecular flexibility index (Phi) is 11.5. The molecule has 1 fully saturated rings. The van der Waals surface area contributed by atoms with Gasteiger partial charge in [-0.05, 0) is 92.0 Å². The standard InChI is InChI=1S/C19H28O.C15H22O.H2/c1-14-4-3-5-16(7-6-14)11-17-8-9-18-10-15(2)13-20-19(18)12-17;1-4-5-6-7-8-14-9-10-15(13(3)16)12(2)11-14;/h8-9,12,14-16H,3-7,10-11,13H2,1-2H3;9-11H,4-8H2,1-3H3;1H/t14?,15-,16?;;/m1../s1. The molecule has 2 aromatic carbocycles. The molecule has 0 saturated heterocycles. The zero-order valence-electron chi connectivity index (χ0n) is 23.7. The van der Waals surface area contributed by atoms with Gasteiger partial charge in [0.05, 0.1) is 6.61 Å². The topological polar surface area (TPSA) is 26.3 Å². The van der Waals surface area contributed by atoms with Crippen LogP contribution in [-0.2, 0) is 19.3 Å². The number of fused-ring (bicyclic) bond motifs is 1. The van der Waals surface area contributed by atoms with Gasteiger partial charge in [-0.1, -0.05) is 96.0 Å². The first kappa shape index (κ1) is 28.5. The lowest BCUT2D eigenvalue weighted by molar-refractivity contribution is 0.101. The first-order valence-electron chi connectivity index (χ1n) is 14.7. The summed E-state index contributed by atoms with van der Waals surface area (Å²) in [5.74, 6) is 3.81. The number of benzene rings is 2. The van der Waals surface area contributed by atoms with E-state index in [0.29, 0.717) is 5.92 Å². The van der Waals surface area contributed by atoms with Crippen LogP contribution in [0, 0.1) is 24.7 Å². The fourth-order valence-corrected chi connectivity index (χ4v) is 5.83. The van der Waals surface area contributed by atoms with Crippen LogP contribution in [0.2, 0.25) is 0 Å². The molecule has 0 aromatic heterocycles. The predicted molar refractivity (Wildman–Crippen MR) is 155 cm³/mol. The van der Waals surface area contributed by atoms with Crippen LogP contribution in [0.15, 0.2) is 36.4 Å². The van der Waals surface area contributed by atoms with E-state index in [-0.39, 0.29) is 7.21 Å². The maximum absolute atomic E-state index is 11.3. The molecule has 2 aliphatic rings. The molecule has 1 heterocycles. The van der Waals surface area contributed by atoms with Gasteiger partial charge >= 0.3 is 0 Å². The van der Waals surface area contributed by atoms with Crippen LogP contribution in [-0.4, -0.2) is 12.4 Å². The average molecular weight is 493 g/mol. The van der Waals surface area contributed by atoms with Crippen LogP contribution in [0.1, 0.15) is 120 Å². The number of rotatable bonds is 8. The third-order valence-corrected chi connectivity index (χ3v) is 8.11. The first-order chi connectivity index (χ1) is 17.4. The van der Waals surface area contributed by atoms with Gasteiger partial charge in [0, 0.05) is 6.99 Å². The Labute approximate surface area is 222 Å². The van der Waals surface area contributed by atoms with Crippen molar-refractivity contribution in [3.8, 4) is 5.75 Å². The lowest BCUT2D eigenvalue weighted by Gasteiger charge is -2.23. The molecule has 1 aliphatic heterocycles. The van der Waals surface area contributed by atoms with Crippen molar-refractivity contribution in [3.05, 3.63) is 64.2 Å². The summed E-state index contributed by atoms with van der Waals surface area (Å²) >= 11 is 0.